The normalized spacial score (nSPS) is 15.9. The summed E-state index contributed by atoms with van der Waals surface area (Å²) in [5.41, 5.74) is 2.00. The van der Waals surface area contributed by atoms with Crippen LogP contribution in [0.15, 0.2) is 53.7 Å². The van der Waals surface area contributed by atoms with Crippen molar-refractivity contribution in [2.45, 2.75) is 0 Å². The molecule has 0 aliphatic carbocycles. The molecular formula is C17H13N3O2S2. The Morgan fingerprint density at radius 3 is 2.62 bits per heavy atom. The van der Waals surface area contributed by atoms with Crippen molar-refractivity contribution in [2.75, 3.05) is 12.4 Å². The first-order valence-electron chi connectivity index (χ1n) is 7.07. The van der Waals surface area contributed by atoms with Crippen molar-refractivity contribution in [3.05, 3.63) is 64.8 Å². The Morgan fingerprint density at radius 1 is 1.29 bits per heavy atom. The topological polar surface area (TPSA) is 62.3 Å². The summed E-state index contributed by atoms with van der Waals surface area (Å²) in [6.07, 6.45) is 4.99. The quantitative estimate of drug-likeness (QED) is 0.677. The van der Waals surface area contributed by atoms with Gasteiger partial charge in [0.05, 0.1) is 16.8 Å². The molecule has 120 valence electrons. The van der Waals surface area contributed by atoms with Gasteiger partial charge in [0.2, 0.25) is 0 Å². The summed E-state index contributed by atoms with van der Waals surface area (Å²) >= 11 is 6.37. The Balaban J connectivity index is 1.73. The smallest absolute Gasteiger partial charge is 0.265 e. The Labute approximate surface area is 148 Å². The monoisotopic (exact) mass is 355 g/mol. The van der Waals surface area contributed by atoms with E-state index in [-0.39, 0.29) is 11.8 Å². The maximum absolute atomic E-state index is 12.2. The molecule has 1 fully saturated rings. The number of carbonyl (C=O) groups excluding carboxylic acids is 2. The number of thiocarbonyl (C=S) groups is 1. The van der Waals surface area contributed by atoms with Crippen LogP contribution in [-0.4, -0.2) is 33.1 Å². The van der Waals surface area contributed by atoms with E-state index in [1.807, 2.05) is 0 Å². The number of hydrogen-bond donors (Lipinski definition) is 1. The molecule has 0 unspecified atom stereocenters. The van der Waals surface area contributed by atoms with E-state index in [0.29, 0.717) is 20.5 Å². The standard InChI is InChI=1S/C17H13N3O2S2/c1-20-16(22)14(24-17(20)23)9-11-4-6-12(7-5-11)15(21)19-13-3-2-8-18-10-13/h2-10H,1H3,(H,19,21). The first kappa shape index (κ1) is 16.4. The second kappa shape index (κ2) is 6.94. The molecule has 0 atom stereocenters. The molecule has 7 heteroatoms. The molecule has 0 saturated carbocycles. The van der Waals surface area contributed by atoms with Crippen LogP contribution in [0.3, 0.4) is 0 Å². The molecule has 24 heavy (non-hydrogen) atoms. The number of benzene rings is 1. The minimum atomic E-state index is -0.213. The molecule has 1 aliphatic heterocycles. The molecule has 1 N–H and O–H groups in total. The summed E-state index contributed by atoms with van der Waals surface area (Å²) in [5, 5.41) is 2.77. The third-order valence-electron chi connectivity index (χ3n) is 3.38. The number of hydrogen-bond acceptors (Lipinski definition) is 5. The fourth-order valence-corrected chi connectivity index (χ4v) is 3.25. The maximum atomic E-state index is 12.2. The summed E-state index contributed by atoms with van der Waals surface area (Å²) < 4.78 is 0.540. The molecule has 5 nitrogen and oxygen atoms in total. The van der Waals surface area contributed by atoms with Crippen LogP contribution in [0.4, 0.5) is 5.69 Å². The number of rotatable bonds is 3. The minimum absolute atomic E-state index is 0.108. The minimum Gasteiger partial charge on any atom is -0.321 e. The van der Waals surface area contributed by atoms with E-state index < -0.39 is 0 Å². The van der Waals surface area contributed by atoms with Crippen molar-refractivity contribution < 1.29 is 9.59 Å². The molecule has 1 aliphatic rings. The maximum Gasteiger partial charge on any atom is 0.265 e. The van der Waals surface area contributed by atoms with E-state index in [9.17, 15) is 9.59 Å². The van der Waals surface area contributed by atoms with E-state index >= 15 is 0 Å². The number of carbonyl (C=O) groups is 2. The van der Waals surface area contributed by atoms with Crippen LogP contribution in [0, 0.1) is 0 Å². The van der Waals surface area contributed by atoms with Gasteiger partial charge in [-0.25, -0.2) is 0 Å². The summed E-state index contributed by atoms with van der Waals surface area (Å²) in [4.78, 5) is 30.1. The van der Waals surface area contributed by atoms with Crippen LogP contribution in [0.5, 0.6) is 0 Å². The lowest BCUT2D eigenvalue weighted by atomic mass is 10.1. The summed E-state index contributed by atoms with van der Waals surface area (Å²) in [7, 11) is 1.66. The average molecular weight is 355 g/mol. The van der Waals surface area contributed by atoms with E-state index in [1.165, 1.54) is 16.7 Å². The Morgan fingerprint density at radius 2 is 2.04 bits per heavy atom. The number of amides is 2. The molecule has 1 saturated heterocycles. The number of nitrogens with one attached hydrogen (secondary N) is 1. The van der Waals surface area contributed by atoms with Crippen molar-refractivity contribution in [3.63, 3.8) is 0 Å². The largest absolute Gasteiger partial charge is 0.321 e. The fraction of sp³-hybridized carbons (Fsp3) is 0.0588. The van der Waals surface area contributed by atoms with Crippen LogP contribution in [-0.2, 0) is 4.79 Å². The van der Waals surface area contributed by atoms with Crippen molar-refractivity contribution in [2.24, 2.45) is 0 Å². The average Bonchev–Trinajstić information content (AvgIpc) is 2.83. The zero-order chi connectivity index (χ0) is 17.1. The lowest BCUT2D eigenvalue weighted by molar-refractivity contribution is -0.121. The molecule has 3 rings (SSSR count). The lowest BCUT2D eigenvalue weighted by Gasteiger charge is -2.05. The number of likely N-dealkylation sites (N-methyl/N-ethyl adjacent to an activating group) is 1. The molecule has 1 aromatic carbocycles. The summed E-state index contributed by atoms with van der Waals surface area (Å²) in [6.45, 7) is 0. The van der Waals surface area contributed by atoms with Gasteiger partial charge in [-0.3, -0.25) is 19.5 Å². The molecule has 2 aromatic rings. The van der Waals surface area contributed by atoms with Crippen LogP contribution in [0.1, 0.15) is 15.9 Å². The number of nitrogens with zero attached hydrogens (tertiary/aromatic N) is 2. The highest BCUT2D eigenvalue weighted by atomic mass is 32.2. The first-order chi connectivity index (χ1) is 11.5. The van der Waals surface area contributed by atoms with Gasteiger partial charge in [-0.05, 0) is 35.9 Å². The molecule has 2 heterocycles. The van der Waals surface area contributed by atoms with Gasteiger partial charge in [0.15, 0.2) is 0 Å². The van der Waals surface area contributed by atoms with Gasteiger partial charge in [0.1, 0.15) is 4.32 Å². The highest BCUT2D eigenvalue weighted by Crippen LogP contribution is 2.31. The molecule has 2 amide bonds. The van der Waals surface area contributed by atoms with Gasteiger partial charge < -0.3 is 5.32 Å². The van der Waals surface area contributed by atoms with Gasteiger partial charge in [-0.15, -0.1) is 0 Å². The molecule has 0 radical (unpaired) electrons. The van der Waals surface area contributed by atoms with Gasteiger partial charge in [-0.1, -0.05) is 36.1 Å². The molecule has 1 aromatic heterocycles. The van der Waals surface area contributed by atoms with Crippen LogP contribution < -0.4 is 5.32 Å². The number of anilines is 1. The van der Waals surface area contributed by atoms with Gasteiger partial charge in [-0.2, -0.15) is 0 Å². The van der Waals surface area contributed by atoms with Gasteiger partial charge in [0, 0.05) is 18.8 Å². The van der Waals surface area contributed by atoms with Crippen LogP contribution >= 0.6 is 24.0 Å². The Hall–Kier alpha value is -2.51. The van der Waals surface area contributed by atoms with Gasteiger partial charge >= 0.3 is 0 Å². The second-order valence-corrected chi connectivity index (χ2v) is 6.73. The molecule has 0 spiro atoms. The fourth-order valence-electron chi connectivity index (χ4n) is 2.07. The van der Waals surface area contributed by atoms with E-state index in [2.05, 4.69) is 10.3 Å². The van der Waals surface area contributed by atoms with E-state index in [0.717, 1.165) is 5.56 Å². The van der Waals surface area contributed by atoms with Crippen molar-refractivity contribution in [1.82, 2.24) is 9.88 Å². The third kappa shape index (κ3) is 3.52. The summed E-state index contributed by atoms with van der Waals surface area (Å²) in [6, 6.07) is 10.5. The number of thioether (sulfide) groups is 1. The number of pyridine rings is 1. The predicted molar refractivity (Wildman–Crippen MR) is 99.6 cm³/mol. The van der Waals surface area contributed by atoms with Crippen LogP contribution in [0.2, 0.25) is 0 Å². The highest BCUT2D eigenvalue weighted by Gasteiger charge is 2.28. The van der Waals surface area contributed by atoms with E-state index in [1.54, 1.807) is 61.9 Å². The van der Waals surface area contributed by atoms with Gasteiger partial charge in [0.25, 0.3) is 11.8 Å². The zero-order valence-electron chi connectivity index (χ0n) is 12.7. The third-order valence-corrected chi connectivity index (χ3v) is 4.86. The highest BCUT2D eigenvalue weighted by molar-refractivity contribution is 8.26. The van der Waals surface area contributed by atoms with Crippen molar-refractivity contribution >= 4 is 51.9 Å². The first-order valence-corrected chi connectivity index (χ1v) is 8.30. The van der Waals surface area contributed by atoms with Crippen molar-refractivity contribution in [3.8, 4) is 0 Å². The second-order valence-electron chi connectivity index (χ2n) is 5.06. The van der Waals surface area contributed by atoms with E-state index in [4.69, 9.17) is 12.2 Å². The van der Waals surface area contributed by atoms with Crippen LogP contribution in [0.25, 0.3) is 6.08 Å². The Kier molecular flexibility index (Phi) is 4.73. The zero-order valence-corrected chi connectivity index (χ0v) is 14.4. The number of aromatic nitrogens is 1. The SMILES string of the molecule is CN1C(=O)C(=Cc2ccc(C(=O)Nc3cccnc3)cc2)SC1=S. The molecule has 0 bridgehead atoms. The predicted octanol–water partition coefficient (Wildman–Crippen LogP) is 3.16. The lowest BCUT2D eigenvalue weighted by Crippen LogP contribution is -2.22. The summed E-state index contributed by atoms with van der Waals surface area (Å²) in [5.74, 6) is -0.321. The van der Waals surface area contributed by atoms with Crippen molar-refractivity contribution in [1.29, 1.82) is 0 Å². The molecular weight excluding hydrogens is 342 g/mol. The Bertz CT molecular complexity index is 833.